The molecule has 0 aromatic rings. The van der Waals surface area contributed by atoms with Gasteiger partial charge in [-0.25, -0.2) is 5.01 Å². The van der Waals surface area contributed by atoms with Crippen LogP contribution in [0.15, 0.2) is 12.7 Å². The van der Waals surface area contributed by atoms with Crippen LogP contribution in [0, 0.1) is 0 Å². The van der Waals surface area contributed by atoms with Crippen molar-refractivity contribution in [1.82, 2.24) is 5.01 Å². The van der Waals surface area contributed by atoms with E-state index >= 15 is 0 Å². The molecule has 0 heterocycles. The van der Waals surface area contributed by atoms with E-state index in [4.69, 9.17) is 5.84 Å². The van der Waals surface area contributed by atoms with E-state index in [1.54, 1.807) is 0 Å². The molecule has 0 aliphatic rings. The third-order valence-electron chi connectivity index (χ3n) is 1.13. The predicted molar refractivity (Wildman–Crippen MR) is 40.9 cm³/mol. The molecule has 0 spiro atoms. The summed E-state index contributed by atoms with van der Waals surface area (Å²) < 4.78 is 0. The van der Waals surface area contributed by atoms with Crippen LogP contribution in [-0.2, 0) is 0 Å². The highest BCUT2D eigenvalue weighted by molar-refractivity contribution is 4.67. The highest BCUT2D eigenvalue weighted by atomic mass is 15.4. The minimum absolute atomic E-state index is 0.928. The van der Waals surface area contributed by atoms with Crippen LogP contribution < -0.4 is 5.84 Å². The fourth-order valence-electron chi connectivity index (χ4n) is 0.656. The average Bonchev–Trinajstić information content (AvgIpc) is 1.85. The number of nitrogens with zero attached hydrogens (tertiary/aromatic N) is 1. The Kier molecular flexibility index (Phi) is 5.57. The van der Waals surface area contributed by atoms with Gasteiger partial charge in [-0.3, -0.25) is 5.84 Å². The molecule has 0 amide bonds. The van der Waals surface area contributed by atoms with Gasteiger partial charge in [0.15, 0.2) is 0 Å². The number of nitrogens with two attached hydrogens (primary N) is 1. The molecule has 0 radical (unpaired) electrons. The van der Waals surface area contributed by atoms with Crippen molar-refractivity contribution >= 4 is 0 Å². The maximum Gasteiger partial charge on any atom is 0.0163 e. The molecule has 2 N–H and O–H groups in total. The van der Waals surface area contributed by atoms with Crippen LogP contribution >= 0.6 is 0 Å². The van der Waals surface area contributed by atoms with E-state index in [1.165, 1.54) is 0 Å². The minimum atomic E-state index is 0.928. The number of rotatable bonds is 5. The van der Waals surface area contributed by atoms with Gasteiger partial charge in [-0.2, -0.15) is 0 Å². The topological polar surface area (TPSA) is 29.3 Å². The Bertz CT molecular complexity index is 71.3. The molecule has 0 atom stereocenters. The molecule has 0 aromatic heterocycles. The van der Waals surface area contributed by atoms with Crippen LogP contribution in [0.4, 0.5) is 0 Å². The van der Waals surface area contributed by atoms with Gasteiger partial charge in [0.25, 0.3) is 0 Å². The van der Waals surface area contributed by atoms with Crippen LogP contribution in [-0.4, -0.2) is 18.1 Å². The first-order chi connectivity index (χ1) is 4.31. The molecule has 0 rings (SSSR count). The van der Waals surface area contributed by atoms with Crippen molar-refractivity contribution in [3.8, 4) is 0 Å². The lowest BCUT2D eigenvalue weighted by Crippen LogP contribution is -2.32. The molecule has 0 bridgehead atoms. The molecule has 0 fully saturated rings. The summed E-state index contributed by atoms with van der Waals surface area (Å²) in [5.74, 6) is 5.56. The fourth-order valence-corrected chi connectivity index (χ4v) is 0.656. The first kappa shape index (κ1) is 8.66. The Hall–Kier alpha value is -0.340. The van der Waals surface area contributed by atoms with E-state index in [0.29, 0.717) is 0 Å². The number of hydrogen-bond donors (Lipinski definition) is 1. The van der Waals surface area contributed by atoms with Crippen molar-refractivity contribution in [2.45, 2.75) is 19.8 Å². The van der Waals surface area contributed by atoms with Gasteiger partial charge < -0.3 is 0 Å². The van der Waals surface area contributed by atoms with E-state index in [2.05, 4.69) is 13.5 Å². The Morgan fingerprint density at radius 1 is 1.56 bits per heavy atom. The smallest absolute Gasteiger partial charge is 0.0163 e. The highest BCUT2D eigenvalue weighted by Crippen LogP contribution is 1.85. The molecule has 0 aliphatic heterocycles. The quantitative estimate of drug-likeness (QED) is 0.342. The third-order valence-corrected chi connectivity index (χ3v) is 1.13. The van der Waals surface area contributed by atoms with E-state index < -0.39 is 0 Å². The van der Waals surface area contributed by atoms with Gasteiger partial charge >= 0.3 is 0 Å². The van der Waals surface area contributed by atoms with Crippen LogP contribution in [0.5, 0.6) is 0 Å². The maximum atomic E-state index is 5.56. The second-order valence-electron chi connectivity index (χ2n) is 2.11. The van der Waals surface area contributed by atoms with Crippen molar-refractivity contribution in [3.63, 3.8) is 0 Å². The summed E-state index contributed by atoms with van der Waals surface area (Å²) in [7, 11) is 0. The number of hydrazine groups is 1. The molecule has 2 heteroatoms. The van der Waals surface area contributed by atoms with Gasteiger partial charge in [-0.1, -0.05) is 13.0 Å². The summed E-state index contributed by atoms with van der Waals surface area (Å²) in [4.78, 5) is 0. The lowest BCUT2D eigenvalue weighted by atomic mass is 10.4. The zero-order chi connectivity index (χ0) is 7.11. The maximum absolute atomic E-state index is 5.56. The van der Waals surface area contributed by atoms with Crippen molar-refractivity contribution < 1.29 is 0 Å². The lowest BCUT2D eigenvalue weighted by Gasteiger charge is -2.12. The van der Waals surface area contributed by atoms with Crippen molar-refractivity contribution in [1.29, 1.82) is 0 Å². The molecular weight excluding hydrogens is 112 g/mol. The standard InChI is InChI=1S/C7H16N2/c1-3-5-7-9(8)6-4-2/h3H,1,4-8H2,2H3. The van der Waals surface area contributed by atoms with Crippen molar-refractivity contribution in [3.05, 3.63) is 12.7 Å². The molecule has 2 nitrogen and oxygen atoms in total. The van der Waals surface area contributed by atoms with Crippen LogP contribution in [0.2, 0.25) is 0 Å². The molecule has 54 valence electrons. The second-order valence-corrected chi connectivity index (χ2v) is 2.11. The van der Waals surface area contributed by atoms with Gasteiger partial charge in [0, 0.05) is 13.1 Å². The Balaban J connectivity index is 3.04. The normalized spacial score (nSPS) is 10.1. The lowest BCUT2D eigenvalue weighted by molar-refractivity contribution is 0.289. The number of hydrogen-bond acceptors (Lipinski definition) is 2. The second kappa shape index (κ2) is 5.79. The summed E-state index contributed by atoms with van der Waals surface area (Å²) >= 11 is 0. The van der Waals surface area contributed by atoms with Crippen molar-refractivity contribution in [2.24, 2.45) is 5.84 Å². The minimum Gasteiger partial charge on any atom is -0.269 e. The Labute approximate surface area is 57.3 Å². The van der Waals surface area contributed by atoms with Gasteiger partial charge in [0.05, 0.1) is 0 Å². The monoisotopic (exact) mass is 128 g/mol. The summed E-state index contributed by atoms with van der Waals surface area (Å²) in [5, 5.41) is 1.82. The van der Waals surface area contributed by atoms with E-state index in [-0.39, 0.29) is 0 Å². The summed E-state index contributed by atoms with van der Waals surface area (Å²) in [6.07, 6.45) is 3.99. The van der Waals surface area contributed by atoms with Crippen LogP contribution in [0.25, 0.3) is 0 Å². The van der Waals surface area contributed by atoms with E-state index in [9.17, 15) is 0 Å². The van der Waals surface area contributed by atoms with E-state index in [1.807, 2.05) is 11.1 Å². The van der Waals surface area contributed by atoms with Gasteiger partial charge in [0.2, 0.25) is 0 Å². The van der Waals surface area contributed by atoms with Crippen LogP contribution in [0.1, 0.15) is 19.8 Å². The molecule has 0 saturated carbocycles. The molecule has 0 aromatic carbocycles. The van der Waals surface area contributed by atoms with Crippen LogP contribution in [0.3, 0.4) is 0 Å². The molecule has 0 unspecified atom stereocenters. The third kappa shape index (κ3) is 5.53. The van der Waals surface area contributed by atoms with E-state index in [0.717, 1.165) is 25.9 Å². The molecule has 9 heavy (non-hydrogen) atoms. The first-order valence-corrected chi connectivity index (χ1v) is 3.41. The first-order valence-electron chi connectivity index (χ1n) is 3.41. The molecule has 0 saturated heterocycles. The summed E-state index contributed by atoms with van der Waals surface area (Å²) in [5.41, 5.74) is 0. The molecule has 0 aliphatic carbocycles. The highest BCUT2D eigenvalue weighted by Gasteiger charge is 1.91. The molecular formula is C7H16N2. The zero-order valence-electron chi connectivity index (χ0n) is 6.14. The predicted octanol–water partition coefficient (Wildman–Crippen LogP) is 1.15. The largest absolute Gasteiger partial charge is 0.269 e. The van der Waals surface area contributed by atoms with Crippen molar-refractivity contribution in [2.75, 3.05) is 13.1 Å². The summed E-state index contributed by atoms with van der Waals surface area (Å²) in [6.45, 7) is 7.64. The Morgan fingerprint density at radius 3 is 2.67 bits per heavy atom. The Morgan fingerprint density at radius 2 is 2.22 bits per heavy atom. The SMILES string of the molecule is C=CCCN(N)CCC. The van der Waals surface area contributed by atoms with Gasteiger partial charge in [-0.15, -0.1) is 6.58 Å². The van der Waals surface area contributed by atoms with Gasteiger partial charge in [-0.05, 0) is 12.8 Å². The zero-order valence-corrected chi connectivity index (χ0v) is 6.14. The average molecular weight is 128 g/mol. The van der Waals surface area contributed by atoms with Gasteiger partial charge in [0.1, 0.15) is 0 Å². The summed E-state index contributed by atoms with van der Waals surface area (Å²) in [6, 6.07) is 0. The fraction of sp³-hybridized carbons (Fsp3) is 0.714.